The molecule has 3 aliphatic heterocycles. The zero-order chi connectivity index (χ0) is 18.9. The number of nitrogens with zero attached hydrogens (tertiary/aromatic N) is 4. The first-order valence-corrected chi connectivity index (χ1v) is 10.5. The van der Waals surface area contributed by atoms with Crippen LogP contribution in [0.25, 0.3) is 0 Å². The van der Waals surface area contributed by atoms with Gasteiger partial charge in [0.05, 0.1) is 11.4 Å². The Morgan fingerprint density at radius 2 is 1.96 bits per heavy atom. The summed E-state index contributed by atoms with van der Waals surface area (Å²) in [4.78, 5) is 16.3. The van der Waals surface area contributed by atoms with Gasteiger partial charge in [-0.2, -0.15) is 0 Å². The first-order chi connectivity index (χ1) is 13.8. The van der Waals surface area contributed by atoms with E-state index >= 15 is 0 Å². The third kappa shape index (κ3) is 3.38. The molecule has 0 spiro atoms. The van der Waals surface area contributed by atoms with Gasteiger partial charge >= 0.3 is 0 Å². The number of rotatable bonds is 4. The number of anilines is 1. The summed E-state index contributed by atoms with van der Waals surface area (Å²) in [7, 11) is 0. The maximum Gasteiger partial charge on any atom is 0.223 e. The van der Waals surface area contributed by atoms with Crippen LogP contribution in [0.5, 0.6) is 0 Å². The van der Waals surface area contributed by atoms with E-state index < -0.39 is 0 Å². The average Bonchev–Trinajstić information content (AvgIpc) is 3.31. The van der Waals surface area contributed by atoms with E-state index in [9.17, 15) is 4.39 Å². The van der Waals surface area contributed by atoms with Crippen molar-refractivity contribution in [3.05, 3.63) is 65.2 Å². The van der Waals surface area contributed by atoms with Crippen molar-refractivity contribution in [2.75, 3.05) is 18.4 Å². The van der Waals surface area contributed by atoms with E-state index in [1.54, 1.807) is 30.1 Å². The number of aromatic nitrogens is 2. The number of thioether (sulfide) groups is 1. The molecule has 2 N–H and O–H groups in total. The highest BCUT2D eigenvalue weighted by Gasteiger charge is 2.39. The summed E-state index contributed by atoms with van der Waals surface area (Å²) in [5, 5.41) is 8.90. The smallest absolute Gasteiger partial charge is 0.223 e. The molecule has 4 heterocycles. The van der Waals surface area contributed by atoms with Crippen LogP contribution in [0.2, 0.25) is 0 Å². The predicted octanol–water partition coefficient (Wildman–Crippen LogP) is 3.13. The predicted molar refractivity (Wildman–Crippen MR) is 110 cm³/mol. The van der Waals surface area contributed by atoms with Gasteiger partial charge in [-0.15, -0.1) is 0 Å². The van der Waals surface area contributed by atoms with Crippen molar-refractivity contribution >= 4 is 23.4 Å². The van der Waals surface area contributed by atoms with E-state index in [0.29, 0.717) is 12.0 Å². The lowest BCUT2D eigenvalue weighted by molar-refractivity contribution is 0.359. The summed E-state index contributed by atoms with van der Waals surface area (Å²) >= 11 is 1.66. The third-order valence-electron chi connectivity index (χ3n) is 5.26. The number of hydrogen-bond acceptors (Lipinski definition) is 7. The van der Waals surface area contributed by atoms with Gasteiger partial charge in [0.2, 0.25) is 5.95 Å². The maximum atomic E-state index is 13.4. The van der Waals surface area contributed by atoms with Gasteiger partial charge in [-0.25, -0.2) is 14.4 Å². The zero-order valence-corrected chi connectivity index (χ0v) is 16.1. The molecule has 0 radical (unpaired) electrons. The van der Waals surface area contributed by atoms with Crippen molar-refractivity contribution in [2.45, 2.75) is 30.4 Å². The van der Waals surface area contributed by atoms with Crippen molar-refractivity contribution in [1.82, 2.24) is 20.2 Å². The van der Waals surface area contributed by atoms with Crippen LogP contribution in [-0.4, -0.2) is 45.2 Å². The molecule has 6 nitrogen and oxygen atoms in total. The fraction of sp³-hybridized carbons (Fsp3) is 0.350. The van der Waals surface area contributed by atoms with Crippen LogP contribution >= 0.6 is 11.8 Å². The summed E-state index contributed by atoms with van der Waals surface area (Å²) in [6.45, 7) is 2.03. The van der Waals surface area contributed by atoms with E-state index in [2.05, 4.69) is 32.1 Å². The Bertz CT molecular complexity index is 909. The molecule has 8 heteroatoms. The molecule has 144 valence electrons. The fourth-order valence-electron chi connectivity index (χ4n) is 3.85. The van der Waals surface area contributed by atoms with Gasteiger partial charge in [0.1, 0.15) is 11.9 Å². The van der Waals surface area contributed by atoms with Crippen molar-refractivity contribution in [3.63, 3.8) is 0 Å². The number of fused-ring (bicyclic) bond motifs is 1. The second-order valence-electron chi connectivity index (χ2n) is 7.09. The molecule has 0 saturated carbocycles. The van der Waals surface area contributed by atoms with Crippen LogP contribution in [0.3, 0.4) is 0 Å². The highest BCUT2D eigenvalue weighted by molar-refractivity contribution is 8.02. The highest BCUT2D eigenvalue weighted by Crippen LogP contribution is 2.41. The van der Waals surface area contributed by atoms with E-state index in [1.165, 1.54) is 12.1 Å². The van der Waals surface area contributed by atoms with Crippen LogP contribution in [0.15, 0.2) is 53.1 Å². The summed E-state index contributed by atoms with van der Waals surface area (Å²) in [6.07, 6.45) is 5.98. The molecule has 2 unspecified atom stereocenters. The molecule has 1 aromatic carbocycles. The van der Waals surface area contributed by atoms with E-state index in [0.717, 1.165) is 42.9 Å². The SMILES string of the molecule is Fc1ccc(C2=NC3SC=CN3C2c2ccnc(NC3CCNCC3)n2)cc1. The summed E-state index contributed by atoms with van der Waals surface area (Å²) in [5.74, 6) is 0.409. The molecule has 2 atom stereocenters. The van der Waals surface area contributed by atoms with Crippen LogP contribution in [0.4, 0.5) is 10.3 Å². The van der Waals surface area contributed by atoms with Crippen molar-refractivity contribution in [2.24, 2.45) is 4.99 Å². The minimum absolute atomic E-state index is 0.000784. The lowest BCUT2D eigenvalue weighted by Crippen LogP contribution is -2.36. The summed E-state index contributed by atoms with van der Waals surface area (Å²) < 4.78 is 13.4. The Kier molecular flexibility index (Phi) is 4.74. The summed E-state index contributed by atoms with van der Waals surface area (Å²) in [6, 6.07) is 8.74. The standard InChI is InChI=1S/C20H21FN6S/c21-14-3-1-13(2-4-14)17-18(27-11-12-28-20(27)26-17)16-7-10-23-19(25-16)24-15-5-8-22-9-6-15/h1-4,7,10-12,15,18,20,22H,5-6,8-9H2,(H,23,24,25). The van der Waals surface area contributed by atoms with Crippen molar-refractivity contribution < 1.29 is 4.39 Å². The Hall–Kier alpha value is -2.45. The van der Waals surface area contributed by atoms with Gasteiger partial charge in [-0.3, -0.25) is 4.99 Å². The monoisotopic (exact) mass is 396 g/mol. The molecule has 2 aromatic rings. The normalized spacial score (nSPS) is 24.3. The van der Waals surface area contributed by atoms with Crippen molar-refractivity contribution in [1.29, 1.82) is 0 Å². The zero-order valence-electron chi connectivity index (χ0n) is 15.3. The van der Waals surface area contributed by atoms with E-state index in [-0.39, 0.29) is 17.4 Å². The van der Waals surface area contributed by atoms with Crippen LogP contribution in [0.1, 0.15) is 30.1 Å². The van der Waals surface area contributed by atoms with Crippen molar-refractivity contribution in [3.8, 4) is 0 Å². The van der Waals surface area contributed by atoms with Gasteiger partial charge in [0.15, 0.2) is 5.50 Å². The van der Waals surface area contributed by atoms with Crippen LogP contribution < -0.4 is 10.6 Å². The number of aliphatic imine (C=N–C) groups is 1. The summed E-state index contributed by atoms with van der Waals surface area (Å²) in [5.41, 5.74) is 2.72. The number of piperidine rings is 1. The van der Waals surface area contributed by atoms with Gasteiger partial charge < -0.3 is 15.5 Å². The fourth-order valence-corrected chi connectivity index (χ4v) is 4.71. The average molecular weight is 396 g/mol. The molecule has 1 aromatic heterocycles. The van der Waals surface area contributed by atoms with E-state index in [4.69, 9.17) is 9.98 Å². The molecule has 5 rings (SSSR count). The maximum absolute atomic E-state index is 13.4. The largest absolute Gasteiger partial charge is 0.351 e. The lowest BCUT2D eigenvalue weighted by atomic mass is 10.0. The first kappa shape index (κ1) is 17.6. The number of halogens is 1. The van der Waals surface area contributed by atoms with Gasteiger partial charge in [-0.1, -0.05) is 23.9 Å². The Balaban J connectivity index is 1.45. The number of nitrogens with one attached hydrogen (secondary N) is 2. The van der Waals surface area contributed by atoms with Crippen LogP contribution in [0, 0.1) is 5.82 Å². The second-order valence-corrected chi connectivity index (χ2v) is 8.06. The Morgan fingerprint density at radius 3 is 2.79 bits per heavy atom. The molecule has 0 bridgehead atoms. The molecule has 1 saturated heterocycles. The molecule has 0 aliphatic carbocycles. The molecule has 28 heavy (non-hydrogen) atoms. The number of hydrogen-bond donors (Lipinski definition) is 2. The quantitative estimate of drug-likeness (QED) is 0.828. The minimum atomic E-state index is -0.246. The number of benzene rings is 1. The Morgan fingerprint density at radius 1 is 1.14 bits per heavy atom. The molecule has 1 fully saturated rings. The molecular weight excluding hydrogens is 375 g/mol. The topological polar surface area (TPSA) is 65.4 Å². The molecule has 3 aliphatic rings. The van der Waals surface area contributed by atoms with Gasteiger partial charge in [0, 0.05) is 18.4 Å². The van der Waals surface area contributed by atoms with E-state index in [1.807, 2.05) is 6.07 Å². The van der Waals surface area contributed by atoms with Gasteiger partial charge in [-0.05, 0) is 55.1 Å². The lowest BCUT2D eigenvalue weighted by Gasteiger charge is -2.26. The molecular formula is C20H21FN6S. The third-order valence-corrected chi connectivity index (χ3v) is 6.14. The minimum Gasteiger partial charge on any atom is -0.351 e. The second kappa shape index (κ2) is 7.52. The molecule has 0 amide bonds. The highest BCUT2D eigenvalue weighted by atomic mass is 32.2. The Labute approximate surface area is 167 Å². The van der Waals surface area contributed by atoms with Crippen LogP contribution in [-0.2, 0) is 0 Å². The first-order valence-electron chi connectivity index (χ1n) is 9.51. The van der Waals surface area contributed by atoms with Gasteiger partial charge in [0.25, 0.3) is 0 Å².